The number of carbonyl (C=O) groups is 1. The number of hydrogen-bond donors (Lipinski definition) is 1. The van der Waals surface area contributed by atoms with E-state index in [1.807, 2.05) is 36.1 Å². The van der Waals surface area contributed by atoms with Crippen molar-refractivity contribution in [3.05, 3.63) is 41.4 Å². The van der Waals surface area contributed by atoms with E-state index in [0.29, 0.717) is 36.3 Å². The summed E-state index contributed by atoms with van der Waals surface area (Å²) in [4.78, 5) is 18.3. The van der Waals surface area contributed by atoms with Gasteiger partial charge in [-0.05, 0) is 43.7 Å². The van der Waals surface area contributed by atoms with Gasteiger partial charge in [0.05, 0.1) is 19.3 Å². The van der Waals surface area contributed by atoms with Gasteiger partial charge >= 0.3 is 0 Å². The van der Waals surface area contributed by atoms with Crippen LogP contribution in [0.1, 0.15) is 32.6 Å². The van der Waals surface area contributed by atoms with E-state index >= 15 is 0 Å². The van der Waals surface area contributed by atoms with Crippen molar-refractivity contribution in [3.8, 4) is 11.3 Å². The number of aromatic nitrogens is 1. The number of nitrogens with one attached hydrogen (secondary N) is 1. The van der Waals surface area contributed by atoms with E-state index in [-0.39, 0.29) is 5.91 Å². The molecule has 2 rings (SSSR count). The van der Waals surface area contributed by atoms with Gasteiger partial charge in [0, 0.05) is 17.1 Å². The Hall–Kier alpha value is -1.85. The molecule has 0 saturated carbocycles. The summed E-state index contributed by atoms with van der Waals surface area (Å²) in [6.07, 6.45) is 3.61. The molecule has 1 aromatic carbocycles. The molecule has 0 radical (unpaired) electrons. The SMILES string of the molecule is CCCNC(=O)CN(CCC)Cc1ncc(-c2ccc(Cl)cc2)o1. The maximum absolute atomic E-state index is 11.9. The molecule has 1 heterocycles. The molecule has 2 aromatic rings. The van der Waals surface area contributed by atoms with Crippen LogP contribution in [0, 0.1) is 0 Å². The Morgan fingerprint density at radius 1 is 1.25 bits per heavy atom. The molecule has 0 aliphatic rings. The molecule has 6 heteroatoms. The fourth-order valence-electron chi connectivity index (χ4n) is 2.38. The average molecular weight is 350 g/mol. The summed E-state index contributed by atoms with van der Waals surface area (Å²) in [5, 5.41) is 3.59. The second-order valence-electron chi connectivity index (χ2n) is 5.69. The summed E-state index contributed by atoms with van der Waals surface area (Å²) in [5.41, 5.74) is 0.931. The number of benzene rings is 1. The highest BCUT2D eigenvalue weighted by molar-refractivity contribution is 6.30. The van der Waals surface area contributed by atoms with Crippen molar-refractivity contribution in [3.63, 3.8) is 0 Å². The average Bonchev–Trinajstić information content (AvgIpc) is 3.02. The highest BCUT2D eigenvalue weighted by atomic mass is 35.5. The first-order chi connectivity index (χ1) is 11.6. The highest BCUT2D eigenvalue weighted by Crippen LogP contribution is 2.22. The van der Waals surface area contributed by atoms with Crippen molar-refractivity contribution < 1.29 is 9.21 Å². The van der Waals surface area contributed by atoms with E-state index in [4.69, 9.17) is 16.0 Å². The van der Waals surface area contributed by atoms with Crippen LogP contribution in [-0.2, 0) is 11.3 Å². The minimum atomic E-state index is 0.0368. The first kappa shape index (κ1) is 18.5. The first-order valence-electron chi connectivity index (χ1n) is 8.32. The quantitative estimate of drug-likeness (QED) is 0.749. The molecule has 0 spiro atoms. The van der Waals surface area contributed by atoms with Crippen molar-refractivity contribution in [1.82, 2.24) is 15.2 Å². The lowest BCUT2D eigenvalue weighted by Gasteiger charge is -2.19. The lowest BCUT2D eigenvalue weighted by atomic mass is 10.2. The van der Waals surface area contributed by atoms with E-state index in [0.717, 1.165) is 24.9 Å². The second kappa shape index (κ2) is 9.45. The first-order valence-corrected chi connectivity index (χ1v) is 8.69. The summed E-state index contributed by atoms with van der Waals surface area (Å²) in [6.45, 7) is 6.52. The van der Waals surface area contributed by atoms with Gasteiger partial charge in [0.2, 0.25) is 11.8 Å². The van der Waals surface area contributed by atoms with Gasteiger partial charge in [-0.3, -0.25) is 9.69 Å². The van der Waals surface area contributed by atoms with Gasteiger partial charge < -0.3 is 9.73 Å². The predicted octanol–water partition coefficient (Wildman–Crippen LogP) is 3.73. The largest absolute Gasteiger partial charge is 0.439 e. The Labute approximate surface area is 148 Å². The Morgan fingerprint density at radius 3 is 2.67 bits per heavy atom. The molecule has 0 bridgehead atoms. The lowest BCUT2D eigenvalue weighted by Crippen LogP contribution is -2.37. The molecule has 1 N–H and O–H groups in total. The Bertz CT molecular complexity index is 640. The minimum Gasteiger partial charge on any atom is -0.439 e. The van der Waals surface area contributed by atoms with E-state index in [1.165, 1.54) is 0 Å². The van der Waals surface area contributed by atoms with Crippen LogP contribution in [0.15, 0.2) is 34.9 Å². The molecule has 130 valence electrons. The molecule has 0 unspecified atom stereocenters. The van der Waals surface area contributed by atoms with Crippen LogP contribution in [0.5, 0.6) is 0 Å². The molecule has 0 aliphatic heterocycles. The molecule has 0 aliphatic carbocycles. The summed E-state index contributed by atoms with van der Waals surface area (Å²) in [6, 6.07) is 7.43. The van der Waals surface area contributed by atoms with Crippen molar-refractivity contribution >= 4 is 17.5 Å². The van der Waals surface area contributed by atoms with Crippen LogP contribution in [0.2, 0.25) is 5.02 Å². The number of hydrogen-bond acceptors (Lipinski definition) is 4. The number of carbonyl (C=O) groups excluding carboxylic acids is 1. The van der Waals surface area contributed by atoms with Crippen LogP contribution >= 0.6 is 11.6 Å². The predicted molar refractivity (Wildman–Crippen MR) is 95.8 cm³/mol. The zero-order chi connectivity index (χ0) is 17.4. The maximum atomic E-state index is 11.9. The normalized spacial score (nSPS) is 11.0. The number of oxazole rings is 1. The van der Waals surface area contributed by atoms with Crippen LogP contribution in [0.4, 0.5) is 0 Å². The number of rotatable bonds is 9. The standard InChI is InChI=1S/C18H24ClN3O2/c1-3-9-20-17(23)12-22(10-4-2)13-18-21-11-16(24-18)14-5-7-15(19)8-6-14/h5-8,11H,3-4,9-10,12-13H2,1-2H3,(H,20,23). The molecule has 5 nitrogen and oxygen atoms in total. The van der Waals surface area contributed by atoms with Gasteiger partial charge in [-0.25, -0.2) is 4.98 Å². The molecular formula is C18H24ClN3O2. The third-order valence-electron chi connectivity index (χ3n) is 3.52. The fraction of sp³-hybridized carbons (Fsp3) is 0.444. The highest BCUT2D eigenvalue weighted by Gasteiger charge is 2.14. The number of nitrogens with zero attached hydrogens (tertiary/aromatic N) is 2. The van der Waals surface area contributed by atoms with Crippen LogP contribution in [-0.4, -0.2) is 35.4 Å². The van der Waals surface area contributed by atoms with Gasteiger partial charge in [0.1, 0.15) is 0 Å². The molecular weight excluding hydrogens is 326 g/mol. The summed E-state index contributed by atoms with van der Waals surface area (Å²) < 4.78 is 5.82. The van der Waals surface area contributed by atoms with Crippen LogP contribution < -0.4 is 5.32 Å². The molecule has 1 aromatic heterocycles. The van der Waals surface area contributed by atoms with Crippen molar-refractivity contribution in [2.24, 2.45) is 0 Å². The Kier molecular flexibility index (Phi) is 7.28. The maximum Gasteiger partial charge on any atom is 0.234 e. The second-order valence-corrected chi connectivity index (χ2v) is 6.12. The van der Waals surface area contributed by atoms with Gasteiger partial charge in [0.25, 0.3) is 0 Å². The van der Waals surface area contributed by atoms with Crippen molar-refractivity contribution in [2.75, 3.05) is 19.6 Å². The molecule has 0 atom stereocenters. The minimum absolute atomic E-state index is 0.0368. The van der Waals surface area contributed by atoms with Crippen LogP contribution in [0.25, 0.3) is 11.3 Å². The topological polar surface area (TPSA) is 58.4 Å². The Balaban J connectivity index is 1.99. The summed E-state index contributed by atoms with van der Waals surface area (Å²) >= 11 is 5.90. The third-order valence-corrected chi connectivity index (χ3v) is 3.77. The van der Waals surface area contributed by atoms with Gasteiger partial charge in [-0.1, -0.05) is 25.4 Å². The van der Waals surface area contributed by atoms with Crippen LogP contribution in [0.3, 0.4) is 0 Å². The molecule has 0 fully saturated rings. The zero-order valence-corrected chi connectivity index (χ0v) is 15.0. The number of halogens is 1. The smallest absolute Gasteiger partial charge is 0.234 e. The fourth-order valence-corrected chi connectivity index (χ4v) is 2.50. The van der Waals surface area contributed by atoms with Gasteiger partial charge in [0.15, 0.2) is 5.76 Å². The van der Waals surface area contributed by atoms with Gasteiger partial charge in [-0.2, -0.15) is 0 Å². The van der Waals surface area contributed by atoms with E-state index in [9.17, 15) is 4.79 Å². The third kappa shape index (κ3) is 5.65. The Morgan fingerprint density at radius 2 is 2.00 bits per heavy atom. The summed E-state index contributed by atoms with van der Waals surface area (Å²) in [7, 11) is 0. The number of amides is 1. The molecule has 1 amide bonds. The zero-order valence-electron chi connectivity index (χ0n) is 14.2. The van der Waals surface area contributed by atoms with E-state index in [1.54, 1.807) is 6.20 Å². The van der Waals surface area contributed by atoms with Gasteiger partial charge in [-0.15, -0.1) is 0 Å². The van der Waals surface area contributed by atoms with Crippen molar-refractivity contribution in [1.29, 1.82) is 0 Å². The van der Waals surface area contributed by atoms with E-state index in [2.05, 4.69) is 17.2 Å². The van der Waals surface area contributed by atoms with Crippen molar-refractivity contribution in [2.45, 2.75) is 33.2 Å². The molecule has 0 saturated heterocycles. The monoisotopic (exact) mass is 349 g/mol. The summed E-state index contributed by atoms with van der Waals surface area (Å²) in [5.74, 6) is 1.35. The lowest BCUT2D eigenvalue weighted by molar-refractivity contribution is -0.122. The molecule has 24 heavy (non-hydrogen) atoms. The van der Waals surface area contributed by atoms with E-state index < -0.39 is 0 Å².